The van der Waals surface area contributed by atoms with Crippen molar-refractivity contribution < 1.29 is 13.9 Å². The zero-order valence-corrected chi connectivity index (χ0v) is 11.9. The van der Waals surface area contributed by atoms with Gasteiger partial charge in [-0.1, -0.05) is 12.1 Å². The van der Waals surface area contributed by atoms with Gasteiger partial charge in [0.25, 0.3) is 0 Å². The number of ether oxygens (including phenoxy) is 1. The Balaban J connectivity index is 1.91. The first-order valence-electron chi connectivity index (χ1n) is 6.26. The van der Waals surface area contributed by atoms with Gasteiger partial charge in [-0.25, -0.2) is 4.98 Å². The first-order valence-corrected chi connectivity index (χ1v) is 7.08. The monoisotopic (exact) mass is 287 g/mol. The second-order valence-corrected chi connectivity index (χ2v) is 5.47. The Kier molecular flexibility index (Phi) is 3.28. The number of nitrogens with zero attached hydrogens (tertiary/aromatic N) is 1. The van der Waals surface area contributed by atoms with Crippen LogP contribution in [0.1, 0.15) is 25.7 Å². The van der Waals surface area contributed by atoms with Gasteiger partial charge in [-0.2, -0.15) is 0 Å². The molecule has 0 bridgehead atoms. The second kappa shape index (κ2) is 5.09. The van der Waals surface area contributed by atoms with Gasteiger partial charge in [0.15, 0.2) is 16.9 Å². The molecule has 2 aromatic heterocycles. The van der Waals surface area contributed by atoms with Crippen molar-refractivity contribution in [1.82, 2.24) is 4.98 Å². The van der Waals surface area contributed by atoms with Gasteiger partial charge < -0.3 is 9.15 Å². The molecule has 0 amide bonds. The highest BCUT2D eigenvalue weighted by molar-refractivity contribution is 7.21. The maximum Gasteiger partial charge on any atom is 0.303 e. The molecule has 0 unspecified atom stereocenters. The van der Waals surface area contributed by atoms with Crippen LogP contribution in [0.2, 0.25) is 0 Å². The molecule has 0 spiro atoms. The third-order valence-corrected chi connectivity index (χ3v) is 3.93. The maximum atomic E-state index is 10.9. The van der Waals surface area contributed by atoms with Crippen molar-refractivity contribution in [3.63, 3.8) is 0 Å². The van der Waals surface area contributed by atoms with Gasteiger partial charge in [0.2, 0.25) is 0 Å². The fourth-order valence-corrected chi connectivity index (χ4v) is 2.90. The fourth-order valence-electron chi connectivity index (χ4n) is 1.97. The smallest absolute Gasteiger partial charge is 0.303 e. The summed E-state index contributed by atoms with van der Waals surface area (Å²) in [6.45, 7) is 3.16. The Bertz CT molecular complexity index is 726. The molecule has 0 aliphatic rings. The number of carbonyl (C=O) groups excluding carboxylic acids is 1. The van der Waals surface area contributed by atoms with Crippen molar-refractivity contribution in [2.24, 2.45) is 0 Å². The van der Waals surface area contributed by atoms with Crippen molar-refractivity contribution in [3.05, 3.63) is 42.2 Å². The summed E-state index contributed by atoms with van der Waals surface area (Å²) in [6.07, 6.45) is -0.393. The number of hydrogen-bond acceptors (Lipinski definition) is 5. The van der Waals surface area contributed by atoms with E-state index in [4.69, 9.17) is 9.15 Å². The lowest BCUT2D eigenvalue weighted by Crippen LogP contribution is -2.03. The van der Waals surface area contributed by atoms with Gasteiger partial charge in [0.1, 0.15) is 5.76 Å². The Hall–Kier alpha value is -2.14. The van der Waals surface area contributed by atoms with Gasteiger partial charge in [-0.05, 0) is 31.2 Å². The fraction of sp³-hybridized carbons (Fsp3) is 0.200. The molecule has 0 saturated carbocycles. The minimum Gasteiger partial charge on any atom is -0.455 e. The molecule has 0 saturated heterocycles. The highest BCUT2D eigenvalue weighted by Gasteiger charge is 2.16. The number of aromatic nitrogens is 1. The van der Waals surface area contributed by atoms with Gasteiger partial charge in [0, 0.05) is 6.92 Å². The quantitative estimate of drug-likeness (QED) is 0.678. The molecule has 0 N–H and O–H groups in total. The average molecular weight is 287 g/mol. The van der Waals surface area contributed by atoms with E-state index in [0.717, 1.165) is 15.2 Å². The standard InChI is InChI=1S/C15H13NO3S/c1-9(18-10(2)17)12-7-8-13(19-12)15-16-11-5-3-4-6-14(11)20-15/h3-9H,1-2H3/t9-/m1/s1. The molecule has 3 aromatic rings. The normalized spacial score (nSPS) is 12.5. The molecule has 0 aliphatic heterocycles. The van der Waals surface area contributed by atoms with Gasteiger partial charge in [-0.15, -0.1) is 11.3 Å². The minimum atomic E-state index is -0.393. The van der Waals surface area contributed by atoms with Crippen molar-refractivity contribution in [2.45, 2.75) is 20.0 Å². The number of para-hydroxylation sites is 1. The number of carbonyl (C=O) groups is 1. The molecular weight excluding hydrogens is 274 g/mol. The zero-order chi connectivity index (χ0) is 14.1. The molecule has 0 radical (unpaired) electrons. The van der Waals surface area contributed by atoms with E-state index < -0.39 is 6.10 Å². The van der Waals surface area contributed by atoms with E-state index in [2.05, 4.69) is 4.98 Å². The topological polar surface area (TPSA) is 52.3 Å². The van der Waals surface area contributed by atoms with Gasteiger partial charge in [0.05, 0.1) is 10.2 Å². The summed E-state index contributed by atoms with van der Waals surface area (Å²) in [5.41, 5.74) is 0.957. The number of esters is 1. The molecule has 20 heavy (non-hydrogen) atoms. The molecule has 4 nitrogen and oxygen atoms in total. The lowest BCUT2D eigenvalue weighted by atomic mass is 10.3. The van der Waals surface area contributed by atoms with E-state index in [1.807, 2.05) is 36.4 Å². The van der Waals surface area contributed by atoms with Crippen LogP contribution in [0, 0.1) is 0 Å². The number of benzene rings is 1. The number of rotatable bonds is 3. The SMILES string of the molecule is CC(=O)O[C@H](C)c1ccc(-c2nc3ccccc3s2)o1. The first-order chi connectivity index (χ1) is 9.63. The third kappa shape index (κ3) is 2.44. The van der Waals surface area contributed by atoms with Gasteiger partial charge in [-0.3, -0.25) is 4.79 Å². The number of furan rings is 1. The van der Waals surface area contributed by atoms with Crippen molar-refractivity contribution in [2.75, 3.05) is 0 Å². The van der Waals surface area contributed by atoms with Crippen LogP contribution in [0.4, 0.5) is 0 Å². The molecule has 0 fully saturated rings. The minimum absolute atomic E-state index is 0.324. The van der Waals surface area contributed by atoms with Crippen LogP contribution in [-0.2, 0) is 9.53 Å². The van der Waals surface area contributed by atoms with Gasteiger partial charge >= 0.3 is 5.97 Å². The maximum absolute atomic E-state index is 10.9. The van der Waals surface area contributed by atoms with E-state index in [1.165, 1.54) is 6.92 Å². The van der Waals surface area contributed by atoms with E-state index >= 15 is 0 Å². The summed E-state index contributed by atoms with van der Waals surface area (Å²) in [5, 5.41) is 0.826. The number of fused-ring (bicyclic) bond motifs is 1. The Morgan fingerprint density at radius 3 is 2.85 bits per heavy atom. The first kappa shape index (κ1) is 12.9. The van der Waals surface area contributed by atoms with E-state index in [0.29, 0.717) is 11.5 Å². The molecule has 3 rings (SSSR count). The molecule has 102 valence electrons. The Labute approximate surface area is 120 Å². The highest BCUT2D eigenvalue weighted by atomic mass is 32.1. The molecule has 0 aliphatic carbocycles. The van der Waals surface area contributed by atoms with Crippen LogP contribution >= 0.6 is 11.3 Å². The molecule has 1 aromatic carbocycles. The number of thiazole rings is 1. The lowest BCUT2D eigenvalue weighted by Gasteiger charge is -2.07. The highest BCUT2D eigenvalue weighted by Crippen LogP contribution is 2.32. The van der Waals surface area contributed by atoms with E-state index in [-0.39, 0.29) is 5.97 Å². The molecule has 2 heterocycles. The van der Waals surface area contributed by atoms with E-state index in [9.17, 15) is 4.79 Å². The molecule has 5 heteroatoms. The predicted octanol–water partition coefficient (Wildman–Crippen LogP) is 4.18. The van der Waals surface area contributed by atoms with Crippen molar-refractivity contribution >= 4 is 27.5 Å². The summed E-state index contributed by atoms with van der Waals surface area (Å²) >= 11 is 1.58. The van der Waals surface area contributed by atoms with Crippen molar-refractivity contribution in [1.29, 1.82) is 0 Å². The Morgan fingerprint density at radius 1 is 1.30 bits per heavy atom. The lowest BCUT2D eigenvalue weighted by molar-refractivity contribution is -0.146. The third-order valence-electron chi connectivity index (χ3n) is 2.87. The van der Waals surface area contributed by atoms with Crippen LogP contribution in [0.25, 0.3) is 21.0 Å². The predicted molar refractivity (Wildman–Crippen MR) is 77.5 cm³/mol. The average Bonchev–Trinajstić information content (AvgIpc) is 3.04. The summed E-state index contributed by atoms with van der Waals surface area (Å²) in [4.78, 5) is 15.5. The van der Waals surface area contributed by atoms with Crippen LogP contribution in [0.15, 0.2) is 40.8 Å². The second-order valence-electron chi connectivity index (χ2n) is 4.44. The Morgan fingerprint density at radius 2 is 2.10 bits per heavy atom. The summed E-state index contributed by atoms with van der Waals surface area (Å²) in [5.74, 6) is 0.991. The summed E-state index contributed by atoms with van der Waals surface area (Å²) in [7, 11) is 0. The van der Waals surface area contributed by atoms with Crippen LogP contribution < -0.4 is 0 Å². The van der Waals surface area contributed by atoms with Crippen LogP contribution in [0.5, 0.6) is 0 Å². The largest absolute Gasteiger partial charge is 0.455 e. The van der Waals surface area contributed by atoms with E-state index in [1.54, 1.807) is 18.3 Å². The van der Waals surface area contributed by atoms with Crippen LogP contribution in [0.3, 0.4) is 0 Å². The van der Waals surface area contributed by atoms with Crippen LogP contribution in [-0.4, -0.2) is 11.0 Å². The molecule has 1 atom stereocenters. The molecular formula is C15H13NO3S. The summed E-state index contributed by atoms with van der Waals surface area (Å²) in [6, 6.07) is 11.6. The van der Waals surface area contributed by atoms with Crippen molar-refractivity contribution in [3.8, 4) is 10.8 Å². The number of hydrogen-bond donors (Lipinski definition) is 0. The summed E-state index contributed by atoms with van der Waals surface area (Å²) < 4.78 is 11.9. The zero-order valence-electron chi connectivity index (χ0n) is 11.1.